The summed E-state index contributed by atoms with van der Waals surface area (Å²) in [6, 6.07) is 12.3. The second kappa shape index (κ2) is 9.06. The van der Waals surface area contributed by atoms with E-state index in [9.17, 15) is 13.2 Å². The van der Waals surface area contributed by atoms with Crippen molar-refractivity contribution < 1.29 is 17.9 Å². The van der Waals surface area contributed by atoms with E-state index in [0.29, 0.717) is 23.8 Å². The van der Waals surface area contributed by atoms with Crippen LogP contribution in [0.15, 0.2) is 47.4 Å². The Morgan fingerprint density at radius 2 is 1.97 bits per heavy atom. The Morgan fingerprint density at radius 1 is 1.19 bits per heavy atom. The van der Waals surface area contributed by atoms with Crippen LogP contribution in [0.5, 0.6) is 0 Å². The molecule has 1 amide bonds. The number of amides is 1. The lowest BCUT2D eigenvalue weighted by Gasteiger charge is -2.23. The first kappa shape index (κ1) is 21.9. The number of hydrogen-bond acceptors (Lipinski definition) is 6. The number of ether oxygens (including phenoxy) is 1. The van der Waals surface area contributed by atoms with E-state index in [1.54, 1.807) is 24.0 Å². The predicted molar refractivity (Wildman–Crippen MR) is 124 cm³/mol. The average molecular weight is 459 g/mol. The molecule has 0 saturated carbocycles. The highest BCUT2D eigenvalue weighted by molar-refractivity contribution is 7.91. The molecule has 1 aliphatic heterocycles. The van der Waals surface area contributed by atoms with Crippen LogP contribution in [-0.2, 0) is 21.0 Å². The zero-order chi connectivity index (χ0) is 22.0. The van der Waals surface area contributed by atoms with Gasteiger partial charge in [0.2, 0.25) is 0 Å². The number of sulfone groups is 1. The number of rotatable bonds is 7. The molecule has 3 aromatic rings. The van der Waals surface area contributed by atoms with E-state index in [1.165, 1.54) is 23.5 Å². The van der Waals surface area contributed by atoms with Gasteiger partial charge in [-0.3, -0.25) is 9.69 Å². The van der Waals surface area contributed by atoms with Gasteiger partial charge in [-0.2, -0.15) is 0 Å². The first-order valence-corrected chi connectivity index (χ1v) is 13.0. The van der Waals surface area contributed by atoms with Crippen molar-refractivity contribution in [3.8, 4) is 0 Å². The van der Waals surface area contributed by atoms with Crippen LogP contribution in [0, 0.1) is 0 Å². The molecule has 1 fully saturated rings. The lowest BCUT2D eigenvalue weighted by Crippen LogP contribution is -2.37. The summed E-state index contributed by atoms with van der Waals surface area (Å²) in [5.74, 6) is -0.176. The van der Waals surface area contributed by atoms with E-state index in [2.05, 4.69) is 13.0 Å². The van der Waals surface area contributed by atoms with Crippen LogP contribution in [0.3, 0.4) is 0 Å². The third-order valence-corrected chi connectivity index (χ3v) is 8.39. The summed E-state index contributed by atoms with van der Waals surface area (Å²) in [7, 11) is -3.31. The van der Waals surface area contributed by atoms with Gasteiger partial charge in [0.15, 0.2) is 15.0 Å². The molecule has 1 saturated heterocycles. The Bertz CT molecular complexity index is 1180. The molecule has 2 aromatic carbocycles. The maximum absolute atomic E-state index is 13.5. The minimum Gasteiger partial charge on any atom is -0.376 e. The van der Waals surface area contributed by atoms with Gasteiger partial charge in [-0.15, -0.1) is 0 Å². The minimum atomic E-state index is -3.31. The number of para-hydroxylation sites is 1. The fraction of sp³-hybridized carbons (Fsp3) is 0.391. The molecule has 1 unspecified atom stereocenters. The number of aromatic nitrogens is 1. The Morgan fingerprint density at radius 3 is 2.61 bits per heavy atom. The number of nitrogens with zero attached hydrogens (tertiary/aromatic N) is 2. The molecule has 8 heteroatoms. The second-order valence-electron chi connectivity index (χ2n) is 7.59. The van der Waals surface area contributed by atoms with E-state index >= 15 is 0 Å². The Labute approximate surface area is 186 Å². The smallest absolute Gasteiger partial charge is 0.260 e. The van der Waals surface area contributed by atoms with E-state index in [-0.39, 0.29) is 22.7 Å². The molecule has 1 aliphatic rings. The molecule has 0 bridgehead atoms. The van der Waals surface area contributed by atoms with Gasteiger partial charge < -0.3 is 4.74 Å². The number of carbonyl (C=O) groups is 1. The summed E-state index contributed by atoms with van der Waals surface area (Å²) >= 11 is 1.49. The van der Waals surface area contributed by atoms with Crippen LogP contribution in [-0.4, -0.2) is 44.3 Å². The molecule has 2 heterocycles. The number of thiazole rings is 1. The molecular formula is C23H26N2O4S2. The van der Waals surface area contributed by atoms with Crippen LogP contribution in [0.25, 0.3) is 10.2 Å². The monoisotopic (exact) mass is 458 g/mol. The Kier molecular flexibility index (Phi) is 6.41. The van der Waals surface area contributed by atoms with Crippen molar-refractivity contribution in [1.82, 2.24) is 4.98 Å². The number of benzene rings is 2. The zero-order valence-electron chi connectivity index (χ0n) is 17.7. The Hall–Kier alpha value is -2.29. The molecule has 0 radical (unpaired) electrons. The van der Waals surface area contributed by atoms with Gasteiger partial charge in [-0.25, -0.2) is 13.4 Å². The van der Waals surface area contributed by atoms with Gasteiger partial charge in [0.1, 0.15) is 0 Å². The number of hydrogen-bond donors (Lipinski definition) is 0. The van der Waals surface area contributed by atoms with Crippen molar-refractivity contribution in [3.63, 3.8) is 0 Å². The van der Waals surface area contributed by atoms with E-state index in [4.69, 9.17) is 9.72 Å². The summed E-state index contributed by atoms with van der Waals surface area (Å²) in [5.41, 5.74) is 2.51. The predicted octanol–water partition coefficient (Wildman–Crippen LogP) is 4.48. The highest BCUT2D eigenvalue weighted by Crippen LogP contribution is 2.33. The highest BCUT2D eigenvalue weighted by atomic mass is 32.2. The van der Waals surface area contributed by atoms with Gasteiger partial charge >= 0.3 is 0 Å². The number of carbonyl (C=O) groups excluding carboxylic acids is 1. The number of fused-ring (bicyclic) bond motifs is 1. The molecule has 0 N–H and O–H groups in total. The molecule has 0 aliphatic carbocycles. The molecule has 31 heavy (non-hydrogen) atoms. The van der Waals surface area contributed by atoms with Crippen molar-refractivity contribution in [1.29, 1.82) is 0 Å². The van der Waals surface area contributed by atoms with Crippen LogP contribution < -0.4 is 4.90 Å². The number of anilines is 1. The molecule has 4 rings (SSSR count). The molecule has 1 atom stereocenters. The SMILES string of the molecule is CCc1cccc2sc(N(CC3CCCO3)C(=O)c3ccc(S(=O)(=O)CC)cc3)nc12. The molecule has 164 valence electrons. The van der Waals surface area contributed by atoms with E-state index in [0.717, 1.165) is 35.0 Å². The lowest BCUT2D eigenvalue weighted by atomic mass is 10.1. The molecule has 6 nitrogen and oxygen atoms in total. The second-order valence-corrected chi connectivity index (χ2v) is 10.9. The van der Waals surface area contributed by atoms with Gasteiger partial charge in [0.05, 0.1) is 33.5 Å². The largest absolute Gasteiger partial charge is 0.376 e. The summed E-state index contributed by atoms with van der Waals surface area (Å²) in [6.45, 7) is 4.83. The van der Waals surface area contributed by atoms with Crippen molar-refractivity contribution in [2.75, 3.05) is 23.8 Å². The third-order valence-electron chi connectivity index (χ3n) is 5.60. The van der Waals surface area contributed by atoms with Crippen molar-refractivity contribution in [2.45, 2.75) is 44.1 Å². The number of aryl methyl sites for hydroxylation is 1. The lowest BCUT2D eigenvalue weighted by molar-refractivity contribution is 0.0917. The van der Waals surface area contributed by atoms with Crippen molar-refractivity contribution in [3.05, 3.63) is 53.6 Å². The highest BCUT2D eigenvalue weighted by Gasteiger charge is 2.27. The molecule has 0 spiro atoms. The van der Waals surface area contributed by atoms with Crippen LogP contribution in [0.1, 0.15) is 42.6 Å². The fourth-order valence-electron chi connectivity index (χ4n) is 3.76. The van der Waals surface area contributed by atoms with Gasteiger partial charge in [0, 0.05) is 12.2 Å². The quantitative estimate of drug-likeness (QED) is 0.522. The maximum atomic E-state index is 13.5. The van der Waals surface area contributed by atoms with Crippen molar-refractivity contribution >= 4 is 42.4 Å². The van der Waals surface area contributed by atoms with Crippen LogP contribution in [0.2, 0.25) is 0 Å². The Balaban J connectivity index is 1.70. The normalized spacial score (nSPS) is 16.6. The average Bonchev–Trinajstić information content (AvgIpc) is 3.46. The summed E-state index contributed by atoms with van der Waals surface area (Å²) in [4.78, 5) is 20.2. The molecular weight excluding hydrogens is 432 g/mol. The minimum absolute atomic E-state index is 0.0247. The molecule has 1 aromatic heterocycles. The zero-order valence-corrected chi connectivity index (χ0v) is 19.3. The summed E-state index contributed by atoms with van der Waals surface area (Å²) in [5, 5.41) is 0.640. The summed E-state index contributed by atoms with van der Waals surface area (Å²) < 4.78 is 31.1. The third kappa shape index (κ3) is 4.51. The topological polar surface area (TPSA) is 76.6 Å². The summed E-state index contributed by atoms with van der Waals surface area (Å²) in [6.07, 6.45) is 2.73. The first-order valence-electron chi connectivity index (χ1n) is 10.6. The van der Waals surface area contributed by atoms with E-state index < -0.39 is 9.84 Å². The maximum Gasteiger partial charge on any atom is 0.260 e. The van der Waals surface area contributed by atoms with Gasteiger partial charge in [-0.1, -0.05) is 37.3 Å². The van der Waals surface area contributed by atoms with Crippen LogP contribution in [0.4, 0.5) is 5.13 Å². The first-order chi connectivity index (χ1) is 14.9. The van der Waals surface area contributed by atoms with Crippen molar-refractivity contribution in [2.24, 2.45) is 0 Å². The van der Waals surface area contributed by atoms with E-state index in [1.807, 2.05) is 12.1 Å². The fourth-order valence-corrected chi connectivity index (χ4v) is 5.67. The van der Waals surface area contributed by atoms with Crippen LogP contribution >= 0.6 is 11.3 Å². The van der Waals surface area contributed by atoms with Gasteiger partial charge in [0.25, 0.3) is 5.91 Å². The standard InChI is InChI=1S/C23H26N2O4S2/c1-3-16-7-5-9-20-21(16)24-23(30-20)25(15-18-8-6-14-29-18)22(26)17-10-12-19(13-11-17)31(27,28)4-2/h5,7,9-13,18H,3-4,6,8,14-15H2,1-2H3. The van der Waals surface area contributed by atoms with Gasteiger partial charge in [-0.05, 0) is 55.2 Å².